The van der Waals surface area contributed by atoms with Gasteiger partial charge in [0.05, 0.1) is 13.2 Å². The number of likely N-dealkylation sites (N-methyl/N-ethyl adjacent to an activating group) is 1. The van der Waals surface area contributed by atoms with Gasteiger partial charge in [-0.2, -0.15) is 5.48 Å². The van der Waals surface area contributed by atoms with Crippen LogP contribution in [0.4, 0.5) is 0 Å². The second kappa shape index (κ2) is 6.32. The zero-order chi connectivity index (χ0) is 9.52. The molecule has 13 heavy (non-hydrogen) atoms. The average molecular weight is 188 g/mol. The van der Waals surface area contributed by atoms with Crippen molar-refractivity contribution in [2.45, 2.75) is 18.9 Å². The molecule has 0 radical (unpaired) electrons. The van der Waals surface area contributed by atoms with Crippen LogP contribution in [0.5, 0.6) is 0 Å². The fourth-order valence-corrected chi connectivity index (χ4v) is 1.56. The zero-order valence-corrected chi connectivity index (χ0v) is 8.58. The molecule has 0 aliphatic carbocycles. The van der Waals surface area contributed by atoms with Crippen molar-refractivity contribution in [2.24, 2.45) is 0 Å². The summed E-state index contributed by atoms with van der Waals surface area (Å²) in [5.41, 5.74) is 3.07. The monoisotopic (exact) mass is 188 g/mol. The number of ether oxygens (including phenoxy) is 1. The molecule has 0 bridgehead atoms. The molecule has 0 aromatic carbocycles. The van der Waals surface area contributed by atoms with Crippen molar-refractivity contribution in [1.82, 2.24) is 10.4 Å². The largest absolute Gasteiger partial charge is 0.382 e. The van der Waals surface area contributed by atoms with Gasteiger partial charge in [-0.25, -0.2) is 0 Å². The van der Waals surface area contributed by atoms with Gasteiger partial charge in [0.1, 0.15) is 0 Å². The summed E-state index contributed by atoms with van der Waals surface area (Å²) in [6.45, 7) is 3.55. The molecule has 1 fully saturated rings. The molecule has 1 unspecified atom stereocenters. The number of nitrogens with one attached hydrogen (secondary N) is 1. The van der Waals surface area contributed by atoms with Gasteiger partial charge in [0.15, 0.2) is 0 Å². The number of likely N-dealkylation sites (tertiary alicyclic amines) is 1. The van der Waals surface area contributed by atoms with Crippen LogP contribution in [-0.4, -0.2) is 51.4 Å². The van der Waals surface area contributed by atoms with Crippen molar-refractivity contribution in [1.29, 1.82) is 0 Å². The summed E-state index contributed by atoms with van der Waals surface area (Å²) in [5, 5.41) is 0. The molecule has 0 aromatic heterocycles. The van der Waals surface area contributed by atoms with E-state index >= 15 is 0 Å². The van der Waals surface area contributed by atoms with Crippen LogP contribution < -0.4 is 5.48 Å². The lowest BCUT2D eigenvalue weighted by atomic mass is 10.1. The molecule has 0 aromatic rings. The van der Waals surface area contributed by atoms with Crippen LogP contribution in [-0.2, 0) is 9.57 Å². The molecule has 1 saturated heterocycles. The van der Waals surface area contributed by atoms with Gasteiger partial charge in [0.25, 0.3) is 0 Å². The Morgan fingerprint density at radius 2 is 2.31 bits per heavy atom. The molecule has 0 spiro atoms. The Kier molecular flexibility index (Phi) is 5.31. The Morgan fingerprint density at radius 3 is 3.00 bits per heavy atom. The molecular weight excluding hydrogens is 168 g/mol. The van der Waals surface area contributed by atoms with Crippen LogP contribution in [0.2, 0.25) is 0 Å². The Labute approximate surface area is 80.1 Å². The van der Waals surface area contributed by atoms with Gasteiger partial charge >= 0.3 is 0 Å². The molecule has 0 amide bonds. The highest BCUT2D eigenvalue weighted by Gasteiger charge is 2.16. The third-order valence-electron chi connectivity index (χ3n) is 2.26. The molecule has 1 aliphatic rings. The molecule has 1 rings (SSSR count). The van der Waals surface area contributed by atoms with E-state index in [0.29, 0.717) is 19.3 Å². The fourth-order valence-electron chi connectivity index (χ4n) is 1.56. The lowest BCUT2D eigenvalue weighted by Gasteiger charge is -2.29. The number of hydroxylamine groups is 1. The molecule has 78 valence electrons. The highest BCUT2D eigenvalue weighted by atomic mass is 16.7. The Hall–Kier alpha value is -0.160. The first-order chi connectivity index (χ1) is 6.33. The fraction of sp³-hybridized carbons (Fsp3) is 1.00. The molecule has 1 heterocycles. The van der Waals surface area contributed by atoms with Crippen LogP contribution in [0.3, 0.4) is 0 Å². The summed E-state index contributed by atoms with van der Waals surface area (Å²) < 4.78 is 4.88. The van der Waals surface area contributed by atoms with E-state index in [4.69, 9.17) is 9.57 Å². The van der Waals surface area contributed by atoms with E-state index in [0.717, 1.165) is 6.54 Å². The van der Waals surface area contributed by atoms with Gasteiger partial charge in [0.2, 0.25) is 0 Å². The van der Waals surface area contributed by atoms with Crippen molar-refractivity contribution in [3.63, 3.8) is 0 Å². The van der Waals surface area contributed by atoms with Crippen LogP contribution in [0.15, 0.2) is 0 Å². The quantitative estimate of drug-likeness (QED) is 0.495. The second-order valence-corrected chi connectivity index (χ2v) is 3.56. The average Bonchev–Trinajstić information content (AvgIpc) is 2.13. The van der Waals surface area contributed by atoms with Gasteiger partial charge in [0, 0.05) is 19.7 Å². The molecule has 1 N–H and O–H groups in total. The SMILES string of the molecule is COCCONC1CCCN(C)C1. The van der Waals surface area contributed by atoms with Crippen molar-refractivity contribution < 1.29 is 9.57 Å². The van der Waals surface area contributed by atoms with Crippen molar-refractivity contribution >= 4 is 0 Å². The third-order valence-corrected chi connectivity index (χ3v) is 2.26. The predicted molar refractivity (Wildman–Crippen MR) is 51.5 cm³/mol. The van der Waals surface area contributed by atoms with Crippen LogP contribution in [0, 0.1) is 0 Å². The zero-order valence-electron chi connectivity index (χ0n) is 8.58. The van der Waals surface area contributed by atoms with Gasteiger partial charge in [-0.05, 0) is 26.4 Å². The van der Waals surface area contributed by atoms with Crippen LogP contribution in [0.1, 0.15) is 12.8 Å². The van der Waals surface area contributed by atoms with E-state index in [1.807, 2.05) is 0 Å². The van der Waals surface area contributed by atoms with E-state index in [9.17, 15) is 0 Å². The van der Waals surface area contributed by atoms with E-state index in [2.05, 4.69) is 17.4 Å². The second-order valence-electron chi connectivity index (χ2n) is 3.56. The first-order valence-corrected chi connectivity index (χ1v) is 4.87. The number of piperidine rings is 1. The minimum absolute atomic E-state index is 0.482. The number of hydrogen-bond donors (Lipinski definition) is 1. The lowest BCUT2D eigenvalue weighted by molar-refractivity contribution is -0.0238. The van der Waals surface area contributed by atoms with Crippen LogP contribution >= 0.6 is 0 Å². The maximum Gasteiger partial charge on any atom is 0.0916 e. The minimum atomic E-state index is 0.482. The Morgan fingerprint density at radius 1 is 1.46 bits per heavy atom. The maximum atomic E-state index is 5.26. The lowest BCUT2D eigenvalue weighted by Crippen LogP contribution is -2.44. The minimum Gasteiger partial charge on any atom is -0.382 e. The van der Waals surface area contributed by atoms with Gasteiger partial charge in [-0.15, -0.1) is 0 Å². The Bertz CT molecular complexity index is 133. The van der Waals surface area contributed by atoms with Gasteiger partial charge < -0.3 is 9.64 Å². The van der Waals surface area contributed by atoms with E-state index in [1.165, 1.54) is 19.4 Å². The topological polar surface area (TPSA) is 33.7 Å². The Balaban J connectivity index is 2.00. The highest BCUT2D eigenvalue weighted by Crippen LogP contribution is 2.07. The molecule has 0 saturated carbocycles. The third kappa shape index (κ3) is 4.57. The molecular formula is C9H20N2O2. The van der Waals surface area contributed by atoms with Gasteiger partial charge in [-0.3, -0.25) is 4.84 Å². The number of nitrogens with zero attached hydrogens (tertiary/aromatic N) is 1. The van der Waals surface area contributed by atoms with E-state index in [-0.39, 0.29) is 0 Å². The molecule has 4 nitrogen and oxygen atoms in total. The summed E-state index contributed by atoms with van der Waals surface area (Å²) in [5.74, 6) is 0. The van der Waals surface area contributed by atoms with Crippen molar-refractivity contribution in [2.75, 3.05) is 40.5 Å². The molecule has 1 atom stereocenters. The molecule has 4 heteroatoms. The van der Waals surface area contributed by atoms with E-state index < -0.39 is 0 Å². The smallest absolute Gasteiger partial charge is 0.0916 e. The summed E-state index contributed by atoms with van der Waals surface area (Å²) in [6, 6.07) is 0.482. The van der Waals surface area contributed by atoms with Crippen LogP contribution in [0.25, 0.3) is 0 Å². The van der Waals surface area contributed by atoms with E-state index in [1.54, 1.807) is 7.11 Å². The standard InChI is InChI=1S/C9H20N2O2/c1-11-5-3-4-9(8-11)10-13-7-6-12-2/h9-10H,3-8H2,1-2H3. The number of hydrogen-bond acceptors (Lipinski definition) is 4. The normalized spacial score (nSPS) is 24.9. The number of methoxy groups -OCH3 is 1. The first-order valence-electron chi connectivity index (χ1n) is 4.87. The maximum absolute atomic E-state index is 5.26. The predicted octanol–water partition coefficient (Wildman–Crippen LogP) is 0.248. The summed E-state index contributed by atoms with van der Waals surface area (Å²) >= 11 is 0. The first kappa shape index (κ1) is 10.9. The summed E-state index contributed by atoms with van der Waals surface area (Å²) in [7, 11) is 3.82. The number of rotatable bonds is 5. The summed E-state index contributed by atoms with van der Waals surface area (Å²) in [4.78, 5) is 7.58. The molecule has 1 aliphatic heterocycles. The van der Waals surface area contributed by atoms with Gasteiger partial charge in [-0.1, -0.05) is 0 Å². The van der Waals surface area contributed by atoms with Crippen molar-refractivity contribution in [3.8, 4) is 0 Å². The highest BCUT2D eigenvalue weighted by molar-refractivity contribution is 4.73. The van der Waals surface area contributed by atoms with Crippen molar-refractivity contribution in [3.05, 3.63) is 0 Å². The summed E-state index contributed by atoms with van der Waals surface area (Å²) in [6.07, 6.45) is 2.46.